The first-order chi connectivity index (χ1) is 39.2. The molecule has 0 saturated heterocycles. The summed E-state index contributed by atoms with van der Waals surface area (Å²) in [5.74, 6) is 1.82. The van der Waals surface area contributed by atoms with E-state index in [1.54, 1.807) is 54.9 Å². The molecule has 4 unspecified atom stereocenters. The summed E-state index contributed by atoms with van der Waals surface area (Å²) in [6, 6.07) is 95.0. The second-order valence-corrected chi connectivity index (χ2v) is 25.1. The molecule has 0 aromatic heterocycles. The van der Waals surface area contributed by atoms with Gasteiger partial charge in [-0.2, -0.15) is 0 Å². The average molecular weight is 1270 g/mol. The Morgan fingerprint density at radius 2 is 0.451 bits per heavy atom. The quantitative estimate of drug-likeness (QED) is 0.133. The van der Waals surface area contributed by atoms with Gasteiger partial charge in [0.25, 0.3) is 0 Å². The molecule has 0 nitrogen and oxygen atoms in total. The van der Waals surface area contributed by atoms with Gasteiger partial charge in [-0.25, -0.2) is 0 Å². The fourth-order valence-electron chi connectivity index (χ4n) is 11.5. The molecule has 4 atom stereocenters. The van der Waals surface area contributed by atoms with Gasteiger partial charge in [-0.05, 0) is 23.7 Å². The van der Waals surface area contributed by atoms with Crippen molar-refractivity contribution in [2.24, 2.45) is 0 Å². The Labute approximate surface area is 532 Å². The first-order valence-electron chi connectivity index (χ1n) is 29.1. The molecular formula is C78H76Cl2Zr2-2. The topological polar surface area (TPSA) is 0 Å². The predicted molar refractivity (Wildman–Crippen MR) is 341 cm³/mol. The van der Waals surface area contributed by atoms with Crippen LogP contribution < -0.4 is 24.8 Å². The average Bonchev–Trinajstić information content (AvgIpc) is 4.43. The van der Waals surface area contributed by atoms with Crippen LogP contribution in [0.4, 0.5) is 0 Å². The van der Waals surface area contributed by atoms with E-state index in [9.17, 15) is 0 Å². The minimum absolute atomic E-state index is 0. The molecule has 0 bridgehead atoms. The molecule has 0 spiro atoms. The third kappa shape index (κ3) is 17.2. The second-order valence-electron chi connectivity index (χ2n) is 21.7. The molecule has 12 aromatic rings. The number of hydrogen-bond acceptors (Lipinski definition) is 0. The molecule has 412 valence electrons. The van der Waals surface area contributed by atoms with Crippen molar-refractivity contribution in [1.82, 2.24) is 0 Å². The summed E-state index contributed by atoms with van der Waals surface area (Å²) in [4.78, 5) is 0. The van der Waals surface area contributed by atoms with Gasteiger partial charge in [-0.15, -0.1) is 187 Å². The first kappa shape index (κ1) is 63.9. The van der Waals surface area contributed by atoms with Gasteiger partial charge in [-0.3, -0.25) is 0 Å². The summed E-state index contributed by atoms with van der Waals surface area (Å²) in [5, 5.41) is 10.9. The maximum absolute atomic E-state index is 2.27. The fraction of sp³-hybridized carbons (Fsp3) is 0.205. The zero-order valence-electron chi connectivity index (χ0n) is 48.1. The van der Waals surface area contributed by atoms with Crippen LogP contribution in [0.15, 0.2) is 267 Å². The zero-order chi connectivity index (χ0) is 55.5. The molecule has 0 N–H and O–H groups in total. The van der Waals surface area contributed by atoms with Crippen molar-refractivity contribution in [1.29, 1.82) is 0 Å². The molecule has 2 saturated carbocycles. The summed E-state index contributed by atoms with van der Waals surface area (Å²) >= 11 is 3.36. The van der Waals surface area contributed by atoms with Crippen LogP contribution in [-0.4, -0.2) is 6.41 Å². The van der Waals surface area contributed by atoms with E-state index in [1.807, 2.05) is 0 Å². The van der Waals surface area contributed by atoms with Crippen molar-refractivity contribution < 1.29 is 73.3 Å². The van der Waals surface area contributed by atoms with Crippen LogP contribution in [0, 0.1) is 0 Å². The molecule has 0 heterocycles. The second kappa shape index (κ2) is 33.0. The van der Waals surface area contributed by atoms with Gasteiger partial charge in [0, 0.05) is 0 Å². The molecule has 2 aliphatic rings. The normalized spacial score (nSPS) is 13.9. The molecular weight excluding hydrogens is 1190 g/mol. The van der Waals surface area contributed by atoms with Gasteiger partial charge >= 0.3 is 106 Å². The van der Waals surface area contributed by atoms with Gasteiger partial charge in [0.05, 0.1) is 0 Å². The minimum atomic E-state index is 0. The third-order valence-corrected chi connectivity index (χ3v) is 18.8. The molecule has 12 aromatic carbocycles. The molecule has 2 fully saturated rings. The molecule has 2 aliphatic carbocycles. The Morgan fingerprint density at radius 3 is 0.634 bits per heavy atom. The number of benzene rings is 8. The monoisotopic (exact) mass is 1260 g/mol. The van der Waals surface area contributed by atoms with Crippen LogP contribution in [-0.2, 0) is 48.5 Å². The van der Waals surface area contributed by atoms with Gasteiger partial charge in [0.1, 0.15) is 0 Å². The van der Waals surface area contributed by atoms with E-state index in [1.165, 1.54) is 139 Å². The van der Waals surface area contributed by atoms with Crippen LogP contribution in [0.3, 0.4) is 0 Å². The summed E-state index contributed by atoms with van der Waals surface area (Å²) in [6.07, 6.45) is 11.7. The van der Waals surface area contributed by atoms with Gasteiger partial charge < -0.3 is 24.8 Å². The van der Waals surface area contributed by atoms with Crippen LogP contribution in [0.1, 0.15) is 147 Å². The molecule has 82 heavy (non-hydrogen) atoms. The number of halogens is 2. The molecule has 0 amide bonds. The van der Waals surface area contributed by atoms with E-state index < -0.39 is 0 Å². The molecule has 0 aliphatic heterocycles. The maximum atomic E-state index is 2.27. The Morgan fingerprint density at radius 1 is 0.268 bits per heavy atom. The van der Waals surface area contributed by atoms with Crippen molar-refractivity contribution in [3.05, 3.63) is 311 Å². The Bertz CT molecular complexity index is 3290. The summed E-state index contributed by atoms with van der Waals surface area (Å²) in [6.45, 7) is 9.10. The van der Waals surface area contributed by atoms with Crippen molar-refractivity contribution in [2.45, 2.75) is 103 Å². The van der Waals surface area contributed by atoms with Crippen LogP contribution in [0.25, 0.3) is 43.1 Å². The SMILES string of the molecule is CC(c1ccccc1)c1c[cH-]c2ccccc12.CC(c1ccccc1)c1c[cH-]c2ccccc12.CC(c1ccccc1)c1c[cH-]c2ccccc12.CC(c1ccccc1)c1c[cH-]c2ccccc12.[Cl-].[Cl-].[Zr+2]=[C]1CCCC1.[Zr+2]=[C]1CCCC1. The third-order valence-electron chi connectivity index (χ3n) is 16.3. The van der Waals surface area contributed by atoms with E-state index in [0.29, 0.717) is 23.7 Å². The van der Waals surface area contributed by atoms with Crippen molar-refractivity contribution in [3.8, 4) is 0 Å². The predicted octanol–water partition coefficient (Wildman–Crippen LogP) is 15.4. The Kier molecular flexibility index (Phi) is 25.7. The molecule has 0 radical (unpaired) electrons. The van der Waals surface area contributed by atoms with Crippen LogP contribution >= 0.6 is 0 Å². The van der Waals surface area contributed by atoms with Crippen LogP contribution in [0.2, 0.25) is 0 Å². The number of hydrogen-bond donors (Lipinski definition) is 0. The number of rotatable bonds is 8. The van der Waals surface area contributed by atoms with E-state index >= 15 is 0 Å². The van der Waals surface area contributed by atoms with Gasteiger partial charge in [-0.1, -0.05) is 196 Å². The molecule has 14 rings (SSSR count). The molecule has 4 heteroatoms. The summed E-state index contributed by atoms with van der Waals surface area (Å²) in [5.41, 5.74) is 11.2. The zero-order valence-corrected chi connectivity index (χ0v) is 54.6. The van der Waals surface area contributed by atoms with E-state index in [0.717, 1.165) is 0 Å². The summed E-state index contributed by atoms with van der Waals surface area (Å²) < 4.78 is 3.59. The van der Waals surface area contributed by atoms with Gasteiger partial charge in [0.15, 0.2) is 0 Å². The standard InChI is InChI=1S/4C17H15.2C5H8.2ClH.2Zr/c4*1-13(14-7-3-2-4-8-14)16-12-11-15-9-5-6-10-17(15)16;2*1-2-4-5-3-1;;;;/h4*2-13H,1H3;2*1-4H2;2*1H;;/q4*-1;;;;;2*+2/p-2. The van der Waals surface area contributed by atoms with E-state index in [-0.39, 0.29) is 24.8 Å². The fourth-order valence-corrected chi connectivity index (χ4v) is 13.2. The number of fused-ring (bicyclic) bond motifs is 4. The Hall–Kier alpha value is -5.71. The van der Waals surface area contributed by atoms with Crippen LogP contribution in [0.5, 0.6) is 0 Å². The Balaban J connectivity index is 0.000000146. The first-order valence-corrected chi connectivity index (χ1v) is 31.6. The van der Waals surface area contributed by atoms with Gasteiger partial charge in [0.2, 0.25) is 0 Å². The van der Waals surface area contributed by atoms with E-state index in [4.69, 9.17) is 0 Å². The van der Waals surface area contributed by atoms with Crippen molar-refractivity contribution >= 4 is 49.5 Å². The van der Waals surface area contributed by atoms with E-state index in [2.05, 4.69) is 295 Å². The summed E-state index contributed by atoms with van der Waals surface area (Å²) in [7, 11) is 0. The van der Waals surface area contributed by atoms with Crippen molar-refractivity contribution in [3.63, 3.8) is 0 Å². The van der Waals surface area contributed by atoms with Crippen molar-refractivity contribution in [2.75, 3.05) is 0 Å².